The third-order valence-electron chi connectivity index (χ3n) is 4.78. The minimum absolute atomic E-state index is 0.195. The molecule has 1 atom stereocenters. The molecular formula is C22H20ClN3O3S. The second-order valence-electron chi connectivity index (χ2n) is 6.84. The molecule has 0 radical (unpaired) electrons. The van der Waals surface area contributed by atoms with Gasteiger partial charge in [0.1, 0.15) is 16.9 Å². The third kappa shape index (κ3) is 4.53. The molecule has 3 aromatic rings. The van der Waals surface area contributed by atoms with Crippen molar-refractivity contribution < 1.29 is 13.7 Å². The van der Waals surface area contributed by atoms with Crippen LogP contribution < -0.4 is 9.62 Å². The minimum Gasteiger partial charge on any atom is -0.364 e. The van der Waals surface area contributed by atoms with Crippen LogP contribution in [0.2, 0.25) is 5.02 Å². The lowest BCUT2D eigenvalue weighted by Gasteiger charge is -2.27. The van der Waals surface area contributed by atoms with Crippen LogP contribution in [0.3, 0.4) is 0 Å². The zero-order valence-corrected chi connectivity index (χ0v) is 17.9. The van der Waals surface area contributed by atoms with Gasteiger partial charge < -0.3 is 10.1 Å². The van der Waals surface area contributed by atoms with Crippen LogP contribution in [0.4, 0.5) is 11.4 Å². The average molecular weight is 442 g/mol. The fourth-order valence-electron chi connectivity index (χ4n) is 3.18. The van der Waals surface area contributed by atoms with E-state index in [1.54, 1.807) is 40.8 Å². The van der Waals surface area contributed by atoms with Crippen LogP contribution in [-0.2, 0) is 15.7 Å². The molecule has 4 rings (SSSR count). The molecule has 154 valence electrons. The molecule has 1 amide bonds. The summed E-state index contributed by atoms with van der Waals surface area (Å²) in [4.78, 5) is 17.1. The summed E-state index contributed by atoms with van der Waals surface area (Å²) in [6.45, 7) is 3.08. The van der Waals surface area contributed by atoms with E-state index >= 15 is 0 Å². The Morgan fingerprint density at radius 2 is 1.97 bits per heavy atom. The molecule has 0 bridgehead atoms. The molecule has 2 aromatic carbocycles. The zero-order chi connectivity index (χ0) is 21.1. The molecule has 1 saturated heterocycles. The van der Waals surface area contributed by atoms with Gasteiger partial charge in [-0.25, -0.2) is 4.21 Å². The summed E-state index contributed by atoms with van der Waals surface area (Å²) in [5.74, 6) is -0.0241. The standard InChI is InChI=1S/C22H20ClN3O3S/c1-15-2-6-18(12-20(15)21-9-5-17(23)13-24-21)25-22(27)16-3-7-19(8-4-16)26-10-11-29-14-30(26)28/h2-9,12-13H,10-11,14H2,1H3,(H,25,27). The van der Waals surface area contributed by atoms with Crippen LogP contribution in [0.25, 0.3) is 11.3 Å². The second-order valence-corrected chi connectivity index (χ2v) is 8.60. The molecule has 8 heteroatoms. The predicted molar refractivity (Wildman–Crippen MR) is 120 cm³/mol. The quantitative estimate of drug-likeness (QED) is 0.650. The highest BCUT2D eigenvalue weighted by Gasteiger charge is 2.19. The van der Waals surface area contributed by atoms with Crippen molar-refractivity contribution in [2.45, 2.75) is 6.92 Å². The fourth-order valence-corrected chi connectivity index (χ4v) is 4.32. The van der Waals surface area contributed by atoms with Crippen LogP contribution in [-0.4, -0.2) is 34.2 Å². The highest BCUT2D eigenvalue weighted by atomic mass is 35.5. The number of carbonyl (C=O) groups excluding carboxylic acids is 1. The number of ether oxygens (including phenoxy) is 1. The van der Waals surface area contributed by atoms with Gasteiger partial charge in [-0.05, 0) is 61.0 Å². The predicted octanol–water partition coefficient (Wildman–Crippen LogP) is 4.42. The molecule has 0 spiro atoms. The zero-order valence-electron chi connectivity index (χ0n) is 16.3. The van der Waals surface area contributed by atoms with Crippen molar-refractivity contribution in [1.82, 2.24) is 4.98 Å². The Balaban J connectivity index is 1.50. The van der Waals surface area contributed by atoms with Crippen LogP contribution >= 0.6 is 11.6 Å². The molecule has 2 heterocycles. The Labute approximate surface area is 182 Å². The van der Waals surface area contributed by atoms with E-state index in [-0.39, 0.29) is 11.8 Å². The molecule has 1 aromatic heterocycles. The van der Waals surface area contributed by atoms with E-state index in [4.69, 9.17) is 16.3 Å². The number of hydrogen-bond acceptors (Lipinski definition) is 4. The first-order valence-electron chi connectivity index (χ1n) is 9.39. The van der Waals surface area contributed by atoms with Gasteiger partial charge in [0.15, 0.2) is 0 Å². The maximum absolute atomic E-state index is 12.7. The molecule has 6 nitrogen and oxygen atoms in total. The number of benzene rings is 2. The number of nitrogens with zero attached hydrogens (tertiary/aromatic N) is 2. The van der Waals surface area contributed by atoms with E-state index < -0.39 is 11.0 Å². The molecule has 0 saturated carbocycles. The Bertz CT molecular complexity index is 1090. The summed E-state index contributed by atoms with van der Waals surface area (Å²) in [5, 5.41) is 3.50. The normalized spacial score (nSPS) is 16.3. The van der Waals surface area contributed by atoms with Gasteiger partial charge in [-0.15, -0.1) is 0 Å². The van der Waals surface area contributed by atoms with Crippen LogP contribution in [0.1, 0.15) is 15.9 Å². The lowest BCUT2D eigenvalue weighted by molar-refractivity contribution is 0.102. The summed E-state index contributed by atoms with van der Waals surface area (Å²) >= 11 is 5.93. The lowest BCUT2D eigenvalue weighted by Crippen LogP contribution is -2.36. The third-order valence-corrected chi connectivity index (χ3v) is 6.26. The number of pyridine rings is 1. The largest absolute Gasteiger partial charge is 0.364 e. The molecular weight excluding hydrogens is 422 g/mol. The van der Waals surface area contributed by atoms with E-state index in [9.17, 15) is 9.00 Å². The maximum atomic E-state index is 12.7. The number of carbonyl (C=O) groups is 1. The van der Waals surface area contributed by atoms with Crippen molar-refractivity contribution in [1.29, 1.82) is 0 Å². The van der Waals surface area contributed by atoms with Gasteiger partial charge in [0.05, 0.1) is 23.9 Å². The van der Waals surface area contributed by atoms with Gasteiger partial charge in [-0.2, -0.15) is 0 Å². The van der Waals surface area contributed by atoms with Gasteiger partial charge in [0.25, 0.3) is 5.91 Å². The molecule has 1 aliphatic rings. The van der Waals surface area contributed by atoms with Crippen molar-refractivity contribution >= 4 is 39.9 Å². The van der Waals surface area contributed by atoms with Crippen molar-refractivity contribution in [2.75, 3.05) is 28.7 Å². The first-order chi connectivity index (χ1) is 14.5. The summed E-state index contributed by atoms with van der Waals surface area (Å²) in [6.07, 6.45) is 1.60. The fraction of sp³-hybridized carbons (Fsp3) is 0.182. The number of anilines is 2. The monoisotopic (exact) mass is 441 g/mol. The van der Waals surface area contributed by atoms with Crippen LogP contribution in [0, 0.1) is 6.92 Å². The van der Waals surface area contributed by atoms with Crippen molar-refractivity contribution in [3.05, 3.63) is 76.9 Å². The first kappa shape index (κ1) is 20.5. The maximum Gasteiger partial charge on any atom is 0.255 e. The molecule has 0 aliphatic carbocycles. The number of amides is 1. The van der Waals surface area contributed by atoms with Crippen molar-refractivity contribution in [2.24, 2.45) is 0 Å². The molecule has 1 aliphatic heterocycles. The average Bonchev–Trinajstić information content (AvgIpc) is 2.76. The van der Waals surface area contributed by atoms with E-state index in [1.807, 2.05) is 31.2 Å². The van der Waals surface area contributed by atoms with Gasteiger partial charge in [-0.1, -0.05) is 17.7 Å². The number of rotatable bonds is 4. The number of aromatic nitrogens is 1. The van der Waals surface area contributed by atoms with Crippen molar-refractivity contribution in [3.8, 4) is 11.3 Å². The molecule has 1 fully saturated rings. The smallest absolute Gasteiger partial charge is 0.255 e. The number of aryl methyl sites for hydroxylation is 1. The second kappa shape index (κ2) is 8.95. The SMILES string of the molecule is Cc1ccc(NC(=O)c2ccc(N3CCOCS3=O)cc2)cc1-c1ccc(Cl)cn1. The van der Waals surface area contributed by atoms with E-state index in [0.717, 1.165) is 22.5 Å². The summed E-state index contributed by atoms with van der Waals surface area (Å²) < 4.78 is 19.0. The number of nitrogens with one attached hydrogen (secondary N) is 1. The Hall–Kier alpha value is -2.74. The van der Waals surface area contributed by atoms with Crippen molar-refractivity contribution in [3.63, 3.8) is 0 Å². The Morgan fingerprint density at radius 1 is 1.17 bits per heavy atom. The molecule has 1 unspecified atom stereocenters. The molecule has 30 heavy (non-hydrogen) atoms. The van der Waals surface area contributed by atoms with Gasteiger partial charge in [0, 0.05) is 28.7 Å². The summed E-state index contributed by atoms with van der Waals surface area (Å²) in [7, 11) is -1.21. The summed E-state index contributed by atoms with van der Waals surface area (Å²) in [5.41, 5.74) is 4.76. The first-order valence-corrected chi connectivity index (χ1v) is 11.0. The van der Waals surface area contributed by atoms with Crippen LogP contribution in [0.5, 0.6) is 0 Å². The number of hydrogen-bond donors (Lipinski definition) is 1. The topological polar surface area (TPSA) is 71.5 Å². The van der Waals surface area contributed by atoms with Gasteiger partial charge in [-0.3, -0.25) is 14.1 Å². The highest BCUT2D eigenvalue weighted by molar-refractivity contribution is 7.86. The highest BCUT2D eigenvalue weighted by Crippen LogP contribution is 2.26. The van der Waals surface area contributed by atoms with Crippen LogP contribution in [0.15, 0.2) is 60.8 Å². The van der Waals surface area contributed by atoms with E-state index in [1.165, 1.54) is 0 Å². The Morgan fingerprint density at radius 3 is 2.67 bits per heavy atom. The van der Waals surface area contributed by atoms with E-state index in [2.05, 4.69) is 10.3 Å². The summed E-state index contributed by atoms with van der Waals surface area (Å²) in [6, 6.07) is 16.4. The lowest BCUT2D eigenvalue weighted by atomic mass is 10.0. The van der Waals surface area contributed by atoms with E-state index in [0.29, 0.717) is 29.4 Å². The van der Waals surface area contributed by atoms with Gasteiger partial charge in [0.2, 0.25) is 0 Å². The Kier molecular flexibility index (Phi) is 6.13. The minimum atomic E-state index is -1.21. The number of halogens is 1. The molecule has 1 N–H and O–H groups in total. The van der Waals surface area contributed by atoms with Gasteiger partial charge >= 0.3 is 0 Å².